The van der Waals surface area contributed by atoms with Crippen molar-refractivity contribution < 1.29 is 4.79 Å². The number of rotatable bonds is 1. The van der Waals surface area contributed by atoms with Crippen LogP contribution in [0.15, 0.2) is 18.2 Å². The van der Waals surface area contributed by atoms with E-state index in [9.17, 15) is 4.79 Å². The maximum absolute atomic E-state index is 12.3. The molecule has 6 heteroatoms. The van der Waals surface area contributed by atoms with Gasteiger partial charge in [0, 0.05) is 29.7 Å². The molecule has 3 rings (SSSR count). The third-order valence-corrected chi connectivity index (χ3v) is 4.83. The third-order valence-electron chi connectivity index (χ3n) is 3.53. The lowest BCUT2D eigenvalue weighted by Crippen LogP contribution is -2.46. The summed E-state index contributed by atoms with van der Waals surface area (Å²) in [7, 11) is 0. The lowest BCUT2D eigenvalue weighted by molar-refractivity contribution is -0.133. The van der Waals surface area contributed by atoms with Gasteiger partial charge in [-0.25, -0.2) is 0 Å². The molecule has 0 radical (unpaired) electrons. The minimum absolute atomic E-state index is 0. The molecule has 2 heterocycles. The van der Waals surface area contributed by atoms with E-state index in [2.05, 4.69) is 11.4 Å². The van der Waals surface area contributed by atoms with Gasteiger partial charge in [-0.05, 0) is 23.6 Å². The molecule has 2 aliphatic heterocycles. The number of hydrogen-bond acceptors (Lipinski definition) is 3. The fourth-order valence-electron chi connectivity index (χ4n) is 2.53. The highest BCUT2D eigenvalue weighted by atomic mass is 35.5. The standard InChI is InChI=1S/C13H15ClN2OS.ClH/c14-11-3-1-2-9-6-16(5-4-10(9)11)13(17)12-7-18-8-15-12;/h1-3,12,15H,4-8H2;1H. The fraction of sp³-hybridized carbons (Fsp3) is 0.462. The van der Waals surface area contributed by atoms with Gasteiger partial charge in [-0.1, -0.05) is 23.7 Å². The van der Waals surface area contributed by atoms with E-state index in [4.69, 9.17) is 11.6 Å². The molecule has 1 aromatic carbocycles. The molecule has 0 saturated carbocycles. The molecule has 2 aliphatic rings. The first kappa shape index (κ1) is 15.0. The quantitative estimate of drug-likeness (QED) is 0.862. The normalized spacial score (nSPS) is 21.7. The van der Waals surface area contributed by atoms with Crippen LogP contribution in [0.2, 0.25) is 5.02 Å². The Bertz CT molecular complexity index is 478. The number of nitrogens with one attached hydrogen (secondary N) is 1. The number of nitrogens with zero attached hydrogens (tertiary/aromatic N) is 1. The van der Waals surface area contributed by atoms with Gasteiger partial charge in [0.2, 0.25) is 5.91 Å². The first-order valence-corrected chi connectivity index (χ1v) is 7.65. The summed E-state index contributed by atoms with van der Waals surface area (Å²) >= 11 is 7.96. The van der Waals surface area contributed by atoms with Crippen molar-refractivity contribution in [3.8, 4) is 0 Å². The molecule has 0 aliphatic carbocycles. The lowest BCUT2D eigenvalue weighted by Gasteiger charge is -2.31. The van der Waals surface area contributed by atoms with Crippen molar-refractivity contribution in [3.63, 3.8) is 0 Å². The molecule has 0 bridgehead atoms. The molecule has 0 spiro atoms. The van der Waals surface area contributed by atoms with Crippen LogP contribution in [-0.4, -0.2) is 35.0 Å². The summed E-state index contributed by atoms with van der Waals surface area (Å²) in [6.45, 7) is 1.47. The molecular weight excluding hydrogens is 303 g/mol. The van der Waals surface area contributed by atoms with Crippen molar-refractivity contribution in [1.29, 1.82) is 0 Å². The van der Waals surface area contributed by atoms with Crippen molar-refractivity contribution in [3.05, 3.63) is 34.3 Å². The Morgan fingerprint density at radius 2 is 2.32 bits per heavy atom. The van der Waals surface area contributed by atoms with Crippen LogP contribution >= 0.6 is 35.8 Å². The minimum atomic E-state index is -0.00395. The van der Waals surface area contributed by atoms with Crippen LogP contribution in [0, 0.1) is 0 Å². The van der Waals surface area contributed by atoms with Crippen LogP contribution in [0.4, 0.5) is 0 Å². The Hall–Kier alpha value is -0.420. The molecule has 1 atom stereocenters. The SMILES string of the molecule is Cl.O=C(C1CSCN1)N1CCc2c(Cl)cccc2C1. The van der Waals surface area contributed by atoms with E-state index >= 15 is 0 Å². The van der Waals surface area contributed by atoms with Gasteiger partial charge in [0.05, 0.1) is 6.04 Å². The lowest BCUT2D eigenvalue weighted by atomic mass is 9.99. The Morgan fingerprint density at radius 1 is 1.47 bits per heavy atom. The largest absolute Gasteiger partial charge is 0.337 e. The predicted molar refractivity (Wildman–Crippen MR) is 82.1 cm³/mol. The van der Waals surface area contributed by atoms with E-state index in [-0.39, 0.29) is 24.4 Å². The first-order chi connectivity index (χ1) is 8.75. The third kappa shape index (κ3) is 3.02. The van der Waals surface area contributed by atoms with Gasteiger partial charge in [0.25, 0.3) is 0 Å². The first-order valence-electron chi connectivity index (χ1n) is 6.12. The van der Waals surface area contributed by atoms with Crippen molar-refractivity contribution in [2.45, 2.75) is 19.0 Å². The van der Waals surface area contributed by atoms with Gasteiger partial charge < -0.3 is 4.90 Å². The number of amides is 1. The second-order valence-electron chi connectivity index (χ2n) is 4.66. The minimum Gasteiger partial charge on any atom is -0.337 e. The second kappa shape index (κ2) is 6.35. The average molecular weight is 319 g/mol. The van der Waals surface area contributed by atoms with Crippen LogP contribution in [0.5, 0.6) is 0 Å². The summed E-state index contributed by atoms with van der Waals surface area (Å²) in [5.41, 5.74) is 2.39. The monoisotopic (exact) mass is 318 g/mol. The molecule has 104 valence electrons. The van der Waals surface area contributed by atoms with Crippen molar-refractivity contribution >= 4 is 41.7 Å². The van der Waals surface area contributed by atoms with Crippen LogP contribution in [-0.2, 0) is 17.8 Å². The highest BCUT2D eigenvalue weighted by Crippen LogP contribution is 2.26. The van der Waals surface area contributed by atoms with E-state index < -0.39 is 0 Å². The van der Waals surface area contributed by atoms with Gasteiger partial charge in [-0.2, -0.15) is 0 Å². The zero-order valence-electron chi connectivity index (χ0n) is 10.4. The molecule has 3 nitrogen and oxygen atoms in total. The summed E-state index contributed by atoms with van der Waals surface area (Å²) in [4.78, 5) is 14.3. The number of benzene rings is 1. The predicted octanol–water partition coefficient (Wildman–Crippen LogP) is 2.31. The van der Waals surface area contributed by atoms with Crippen LogP contribution in [0.1, 0.15) is 11.1 Å². The van der Waals surface area contributed by atoms with E-state index in [1.165, 1.54) is 11.1 Å². The highest BCUT2D eigenvalue weighted by molar-refractivity contribution is 7.99. The van der Waals surface area contributed by atoms with Gasteiger partial charge in [0.1, 0.15) is 0 Å². The molecule has 1 N–H and O–H groups in total. The average Bonchev–Trinajstić information content (AvgIpc) is 2.91. The van der Waals surface area contributed by atoms with E-state index in [0.29, 0.717) is 6.54 Å². The summed E-state index contributed by atoms with van der Waals surface area (Å²) in [6, 6.07) is 5.94. The Morgan fingerprint density at radius 3 is 3.05 bits per heavy atom. The fourth-order valence-corrected chi connectivity index (χ4v) is 3.75. The molecule has 1 saturated heterocycles. The summed E-state index contributed by atoms with van der Waals surface area (Å²) in [5.74, 6) is 2.00. The zero-order valence-corrected chi connectivity index (χ0v) is 12.8. The number of fused-ring (bicyclic) bond motifs is 1. The number of carbonyl (C=O) groups excluding carboxylic acids is 1. The highest BCUT2D eigenvalue weighted by Gasteiger charge is 2.29. The van der Waals surface area contributed by atoms with E-state index in [1.807, 2.05) is 17.0 Å². The molecule has 1 unspecified atom stereocenters. The molecular formula is C13H16Cl2N2OS. The number of carbonyl (C=O) groups is 1. The van der Waals surface area contributed by atoms with Crippen LogP contribution < -0.4 is 5.32 Å². The Labute approximate surface area is 128 Å². The second-order valence-corrected chi connectivity index (χ2v) is 6.10. The topological polar surface area (TPSA) is 32.3 Å². The molecule has 1 amide bonds. The maximum Gasteiger partial charge on any atom is 0.240 e. The van der Waals surface area contributed by atoms with Crippen LogP contribution in [0.25, 0.3) is 0 Å². The summed E-state index contributed by atoms with van der Waals surface area (Å²) in [6.07, 6.45) is 0.862. The smallest absolute Gasteiger partial charge is 0.240 e. The van der Waals surface area contributed by atoms with Crippen molar-refractivity contribution in [2.75, 3.05) is 18.2 Å². The zero-order chi connectivity index (χ0) is 12.5. The Balaban J connectivity index is 0.00000133. The number of thioether (sulfide) groups is 1. The molecule has 19 heavy (non-hydrogen) atoms. The van der Waals surface area contributed by atoms with Gasteiger partial charge in [-0.15, -0.1) is 24.2 Å². The summed E-state index contributed by atoms with van der Waals surface area (Å²) < 4.78 is 0. The number of halogens is 2. The number of hydrogen-bond donors (Lipinski definition) is 1. The van der Waals surface area contributed by atoms with Gasteiger partial charge in [0.15, 0.2) is 0 Å². The van der Waals surface area contributed by atoms with Gasteiger partial charge in [-0.3, -0.25) is 10.1 Å². The molecule has 1 aromatic rings. The van der Waals surface area contributed by atoms with Crippen LogP contribution in [0.3, 0.4) is 0 Å². The maximum atomic E-state index is 12.3. The summed E-state index contributed by atoms with van der Waals surface area (Å²) in [5, 5.41) is 4.06. The Kier molecular flexibility index (Phi) is 5.01. The van der Waals surface area contributed by atoms with Gasteiger partial charge >= 0.3 is 0 Å². The van der Waals surface area contributed by atoms with Crippen molar-refractivity contribution in [1.82, 2.24) is 10.2 Å². The van der Waals surface area contributed by atoms with E-state index in [0.717, 1.165) is 29.6 Å². The van der Waals surface area contributed by atoms with E-state index in [1.54, 1.807) is 11.8 Å². The molecule has 1 fully saturated rings. The van der Waals surface area contributed by atoms with Crippen molar-refractivity contribution in [2.24, 2.45) is 0 Å². The molecule has 0 aromatic heterocycles.